The van der Waals surface area contributed by atoms with Crippen LogP contribution in [0.4, 0.5) is 0 Å². The van der Waals surface area contributed by atoms with E-state index < -0.39 is 23.5 Å². The molecule has 1 heterocycles. The highest BCUT2D eigenvalue weighted by molar-refractivity contribution is 5.91. The van der Waals surface area contributed by atoms with E-state index in [1.54, 1.807) is 18.0 Å². The van der Waals surface area contributed by atoms with E-state index in [9.17, 15) is 19.5 Å². The lowest BCUT2D eigenvalue weighted by Crippen LogP contribution is -2.60. The van der Waals surface area contributed by atoms with Crippen LogP contribution < -0.4 is 5.32 Å². The Morgan fingerprint density at radius 1 is 1.17 bits per heavy atom. The number of hydrogen-bond donors (Lipinski definition) is 2. The highest BCUT2D eigenvalue weighted by atomic mass is 16.4. The lowest BCUT2D eigenvalue weighted by molar-refractivity contribution is -0.141. The molecule has 2 amide bonds. The van der Waals surface area contributed by atoms with Gasteiger partial charge in [0.1, 0.15) is 6.04 Å². The predicted octanol–water partition coefficient (Wildman–Crippen LogP) is 3.91. The Morgan fingerprint density at radius 2 is 1.77 bits per heavy atom. The van der Waals surface area contributed by atoms with E-state index in [1.807, 2.05) is 59.9 Å². The van der Waals surface area contributed by atoms with Gasteiger partial charge in [0.25, 0.3) is 0 Å². The number of amides is 2. The normalized spacial score (nSPS) is 21.3. The average molecular weight is 486 g/mol. The van der Waals surface area contributed by atoms with Gasteiger partial charge in [-0.3, -0.25) is 14.5 Å². The van der Waals surface area contributed by atoms with Crippen LogP contribution in [0.1, 0.15) is 65.9 Å². The highest BCUT2D eigenvalue weighted by Gasteiger charge is 2.40. The molecule has 2 N–H and O–H groups in total. The van der Waals surface area contributed by atoms with Crippen LogP contribution in [0, 0.1) is 11.3 Å². The summed E-state index contributed by atoms with van der Waals surface area (Å²) < 4.78 is 0. The molecule has 7 nitrogen and oxygen atoms in total. The average Bonchev–Trinajstić information content (AvgIpc) is 2.79. The second-order valence-electron chi connectivity index (χ2n) is 11.3. The summed E-state index contributed by atoms with van der Waals surface area (Å²) in [4.78, 5) is 42.3. The first kappa shape index (κ1) is 28.6. The first-order valence-corrected chi connectivity index (χ1v) is 12.5. The number of aliphatic carboxylic acids is 1. The van der Waals surface area contributed by atoms with Crippen LogP contribution in [0.3, 0.4) is 0 Å². The molecule has 0 spiro atoms. The molecular weight excluding hydrogens is 442 g/mol. The number of hydrogen-bond acceptors (Lipinski definition) is 4. The molecule has 4 atom stereocenters. The van der Waals surface area contributed by atoms with Crippen LogP contribution in [0.25, 0.3) is 0 Å². The quantitative estimate of drug-likeness (QED) is 0.545. The topological polar surface area (TPSA) is 90.0 Å². The number of carbonyl (C=O) groups excluding carboxylic acids is 2. The number of carbonyl (C=O) groups is 3. The summed E-state index contributed by atoms with van der Waals surface area (Å²) in [7, 11) is 3.64. The lowest BCUT2D eigenvalue weighted by atomic mass is 9.83. The minimum absolute atomic E-state index is 0.00526. The van der Waals surface area contributed by atoms with Gasteiger partial charge < -0.3 is 15.3 Å². The molecule has 0 unspecified atom stereocenters. The van der Waals surface area contributed by atoms with E-state index in [1.165, 1.54) is 12.5 Å². The molecule has 1 saturated heterocycles. The summed E-state index contributed by atoms with van der Waals surface area (Å²) in [5, 5.41) is 12.4. The van der Waals surface area contributed by atoms with Gasteiger partial charge in [0, 0.05) is 12.6 Å². The monoisotopic (exact) mass is 485 g/mol. The molecule has 194 valence electrons. The number of carboxylic acids is 1. The van der Waals surface area contributed by atoms with E-state index in [4.69, 9.17) is 0 Å². The van der Waals surface area contributed by atoms with Crippen LogP contribution in [0.15, 0.2) is 42.0 Å². The molecule has 1 aromatic rings. The molecule has 0 radical (unpaired) electrons. The van der Waals surface area contributed by atoms with E-state index in [2.05, 4.69) is 22.3 Å². The summed E-state index contributed by atoms with van der Waals surface area (Å²) in [5.41, 5.74) is 0.901. The Hall–Kier alpha value is -2.67. The molecule has 35 heavy (non-hydrogen) atoms. The second-order valence-corrected chi connectivity index (χ2v) is 11.3. The lowest BCUT2D eigenvalue weighted by Gasteiger charge is -2.40. The minimum Gasteiger partial charge on any atom is -0.478 e. The van der Waals surface area contributed by atoms with Gasteiger partial charge in [0.2, 0.25) is 11.8 Å². The zero-order chi connectivity index (χ0) is 26.5. The molecule has 1 aromatic carbocycles. The number of nitrogens with one attached hydrogen (secondary N) is 1. The van der Waals surface area contributed by atoms with Gasteiger partial charge in [-0.1, -0.05) is 71.0 Å². The van der Waals surface area contributed by atoms with E-state index >= 15 is 0 Å². The second kappa shape index (κ2) is 11.8. The number of likely N-dealkylation sites (N-methyl/N-ethyl adjacent to an activating group) is 2. The molecule has 0 saturated carbocycles. The number of rotatable bonds is 8. The largest absolute Gasteiger partial charge is 0.478 e. The predicted molar refractivity (Wildman–Crippen MR) is 139 cm³/mol. The molecular formula is C28H43N3O4. The van der Waals surface area contributed by atoms with Gasteiger partial charge in [-0.05, 0) is 56.2 Å². The van der Waals surface area contributed by atoms with Crippen molar-refractivity contribution in [3.05, 3.63) is 47.5 Å². The smallest absolute Gasteiger partial charge is 0.331 e. The van der Waals surface area contributed by atoms with Crippen LogP contribution in [-0.2, 0) is 14.4 Å². The van der Waals surface area contributed by atoms with Gasteiger partial charge >= 0.3 is 5.97 Å². The van der Waals surface area contributed by atoms with E-state index in [0.29, 0.717) is 12.3 Å². The van der Waals surface area contributed by atoms with Crippen LogP contribution >= 0.6 is 0 Å². The van der Waals surface area contributed by atoms with Gasteiger partial charge in [0.05, 0.1) is 12.1 Å². The van der Waals surface area contributed by atoms with Crippen molar-refractivity contribution in [2.24, 2.45) is 11.3 Å². The number of piperidine rings is 1. The van der Waals surface area contributed by atoms with E-state index in [0.717, 1.165) is 13.0 Å². The Bertz CT molecular complexity index is 920. The zero-order valence-corrected chi connectivity index (χ0v) is 22.5. The third-order valence-electron chi connectivity index (χ3n) is 7.08. The molecule has 2 rings (SSSR count). The molecule has 1 fully saturated rings. The first-order chi connectivity index (χ1) is 16.2. The standard InChI is InChI=1S/C28H43N3O4/c1-18(2)22(16-19(3)27(34)35)31(8)26(33)24(28(4,5)6)29-25(32)23-17-21(14-15-30(23)7)20-12-10-9-11-13-20/h9-13,16,18,21-24H,14-15,17H2,1-8H3,(H,29,32)(H,34,35)/t21-,22+,23+,24+/m0/s1. The molecule has 1 aliphatic rings. The summed E-state index contributed by atoms with van der Waals surface area (Å²) in [6.07, 6.45) is 3.30. The number of likely N-dealkylation sites (tertiary alicyclic amines) is 1. The third-order valence-corrected chi connectivity index (χ3v) is 7.08. The summed E-state index contributed by atoms with van der Waals surface area (Å²) in [5.74, 6) is -1.08. The highest BCUT2D eigenvalue weighted by Crippen LogP contribution is 2.31. The number of carboxylic acid groups (broad SMARTS) is 1. The van der Waals surface area contributed by atoms with Crippen LogP contribution in [-0.4, -0.2) is 71.5 Å². The van der Waals surface area contributed by atoms with Crippen molar-refractivity contribution in [1.82, 2.24) is 15.1 Å². The maximum atomic E-state index is 13.7. The maximum Gasteiger partial charge on any atom is 0.331 e. The van der Waals surface area contributed by atoms with Gasteiger partial charge in [-0.25, -0.2) is 4.79 Å². The van der Waals surface area contributed by atoms with E-state index in [-0.39, 0.29) is 29.3 Å². The Kier molecular flexibility index (Phi) is 9.67. The van der Waals surface area contributed by atoms with Crippen molar-refractivity contribution in [2.45, 2.75) is 78.4 Å². The molecule has 0 bridgehead atoms. The Morgan fingerprint density at radius 3 is 2.29 bits per heavy atom. The molecule has 0 aromatic heterocycles. The maximum absolute atomic E-state index is 13.7. The third kappa shape index (κ3) is 7.40. The minimum atomic E-state index is -1.01. The SMILES string of the molecule is CC(=C[C@H](C(C)C)N(C)C(=O)[C@@H](NC(=O)[C@H]1C[C@@H](c2ccccc2)CCN1C)C(C)(C)C)C(=O)O. The summed E-state index contributed by atoms with van der Waals surface area (Å²) in [6, 6.07) is 8.80. The molecule has 0 aliphatic carbocycles. The number of benzene rings is 1. The van der Waals surface area contributed by atoms with Gasteiger partial charge in [0.15, 0.2) is 0 Å². The van der Waals surface area contributed by atoms with Crippen LogP contribution in [0.2, 0.25) is 0 Å². The molecule has 7 heteroatoms. The Labute approximate surface area is 210 Å². The van der Waals surface area contributed by atoms with Crippen molar-refractivity contribution >= 4 is 17.8 Å². The fourth-order valence-electron chi connectivity index (χ4n) is 4.73. The zero-order valence-electron chi connectivity index (χ0n) is 22.5. The van der Waals surface area contributed by atoms with Gasteiger partial charge in [-0.2, -0.15) is 0 Å². The van der Waals surface area contributed by atoms with Crippen molar-refractivity contribution in [2.75, 3.05) is 20.6 Å². The summed E-state index contributed by atoms with van der Waals surface area (Å²) >= 11 is 0. The number of nitrogens with zero attached hydrogens (tertiary/aromatic N) is 2. The van der Waals surface area contributed by atoms with Crippen LogP contribution in [0.5, 0.6) is 0 Å². The van der Waals surface area contributed by atoms with Crippen molar-refractivity contribution in [1.29, 1.82) is 0 Å². The fourth-order valence-corrected chi connectivity index (χ4v) is 4.73. The fraction of sp³-hybridized carbons (Fsp3) is 0.607. The molecule has 1 aliphatic heterocycles. The Balaban J connectivity index is 2.25. The van der Waals surface area contributed by atoms with Crippen molar-refractivity contribution < 1.29 is 19.5 Å². The van der Waals surface area contributed by atoms with Gasteiger partial charge in [-0.15, -0.1) is 0 Å². The summed E-state index contributed by atoms with van der Waals surface area (Å²) in [6.45, 7) is 12.0. The van der Waals surface area contributed by atoms with Crippen molar-refractivity contribution in [3.63, 3.8) is 0 Å². The first-order valence-electron chi connectivity index (χ1n) is 12.5. The van der Waals surface area contributed by atoms with Crippen molar-refractivity contribution in [3.8, 4) is 0 Å².